The van der Waals surface area contributed by atoms with Crippen molar-refractivity contribution in [1.82, 2.24) is 0 Å². The molecule has 8 aromatic rings. The van der Waals surface area contributed by atoms with Crippen LogP contribution in [0, 0.1) is 0 Å². The van der Waals surface area contributed by atoms with Crippen LogP contribution in [-0.2, 0) is 63.8 Å². The molecule has 0 N–H and O–H groups in total. The molecule has 8 bridgehead atoms. The van der Waals surface area contributed by atoms with Gasteiger partial charge in [-0.05, 0) is 165 Å². The summed E-state index contributed by atoms with van der Waals surface area (Å²) in [6, 6.07) is 56.5. The Hall–Kier alpha value is -9.16. The summed E-state index contributed by atoms with van der Waals surface area (Å²) >= 11 is 0. The van der Waals surface area contributed by atoms with E-state index in [9.17, 15) is 19.2 Å². The summed E-state index contributed by atoms with van der Waals surface area (Å²) in [5.74, 6) is -0.454. The zero-order chi connectivity index (χ0) is 55.8. The van der Waals surface area contributed by atoms with Crippen LogP contribution >= 0.6 is 0 Å². The van der Waals surface area contributed by atoms with Crippen molar-refractivity contribution in [3.05, 3.63) is 214 Å². The molecule has 0 aromatic heterocycles. The molecule has 0 aliphatic heterocycles. The standard InChI is InChI=1S/C68H64O12/c1-5-73-61(69)41-77-65-53-29-49(45-21-13-9-14-22-45)30-54(65)38-56-32-51(47-25-17-11-18-26-47)34-58(67(56)79-43-63(71)75-7-3)40-60-36-52(48-27-19-12-20-28-48)35-59(68(60)80-44-64(72)76-8-4)39-57-33-50(46-23-15-10-16-24-46)31-55(37-53)66(57)78-42-62(70)74-6-2/h9-36H,5-8,37-44H2,1-4H3. The van der Waals surface area contributed by atoms with Gasteiger partial charge in [0.25, 0.3) is 0 Å². The largest absolute Gasteiger partial charge is 0.481 e. The zero-order valence-corrected chi connectivity index (χ0v) is 45.6. The Labute approximate surface area is 467 Å². The fraction of sp³-hybridized carbons (Fsp3) is 0.235. The lowest BCUT2D eigenvalue weighted by Crippen LogP contribution is -2.18. The van der Waals surface area contributed by atoms with Gasteiger partial charge in [0.05, 0.1) is 26.4 Å². The first-order valence-electron chi connectivity index (χ1n) is 27.1. The predicted molar refractivity (Wildman–Crippen MR) is 307 cm³/mol. The Balaban J connectivity index is 1.41. The molecule has 9 rings (SSSR count). The van der Waals surface area contributed by atoms with E-state index in [2.05, 4.69) is 48.5 Å². The Morgan fingerprint density at radius 2 is 0.450 bits per heavy atom. The van der Waals surface area contributed by atoms with Gasteiger partial charge in [-0.25, -0.2) is 19.2 Å². The number of carbonyl (C=O) groups is 4. The molecular weight excluding hydrogens is 1010 g/mol. The first-order chi connectivity index (χ1) is 39.1. The Morgan fingerprint density at radius 1 is 0.275 bits per heavy atom. The Bertz CT molecular complexity index is 2900. The molecular formula is C68H64O12. The lowest BCUT2D eigenvalue weighted by atomic mass is 9.86. The highest BCUT2D eigenvalue weighted by Crippen LogP contribution is 2.44. The maximum Gasteiger partial charge on any atom is 0.344 e. The maximum atomic E-state index is 13.4. The van der Waals surface area contributed by atoms with E-state index in [4.69, 9.17) is 37.9 Å². The third-order valence-corrected chi connectivity index (χ3v) is 13.5. The second-order valence-corrected chi connectivity index (χ2v) is 19.0. The summed E-state index contributed by atoms with van der Waals surface area (Å²) in [6.07, 6.45) is 0.725. The number of fused-ring (bicyclic) bond motifs is 8. The van der Waals surface area contributed by atoms with Gasteiger partial charge >= 0.3 is 23.9 Å². The molecule has 12 heteroatoms. The van der Waals surface area contributed by atoms with Crippen LogP contribution in [0.25, 0.3) is 44.5 Å². The van der Waals surface area contributed by atoms with Crippen molar-refractivity contribution >= 4 is 23.9 Å². The molecule has 0 radical (unpaired) electrons. The summed E-state index contributed by atoms with van der Waals surface area (Å²) in [5.41, 5.74) is 12.8. The summed E-state index contributed by atoms with van der Waals surface area (Å²) in [7, 11) is 0. The van der Waals surface area contributed by atoms with Crippen molar-refractivity contribution in [2.45, 2.75) is 53.4 Å². The molecule has 0 spiro atoms. The molecule has 80 heavy (non-hydrogen) atoms. The molecule has 0 unspecified atom stereocenters. The summed E-state index contributed by atoms with van der Waals surface area (Å²) in [5, 5.41) is 0. The molecule has 0 heterocycles. The van der Waals surface area contributed by atoms with Crippen LogP contribution in [0.4, 0.5) is 0 Å². The van der Waals surface area contributed by atoms with Crippen molar-refractivity contribution in [3.8, 4) is 67.5 Å². The topological polar surface area (TPSA) is 142 Å². The summed E-state index contributed by atoms with van der Waals surface area (Å²) in [4.78, 5) is 53.6. The second kappa shape index (κ2) is 26.9. The van der Waals surface area contributed by atoms with Crippen molar-refractivity contribution in [2.24, 2.45) is 0 Å². The van der Waals surface area contributed by atoms with Crippen molar-refractivity contribution in [1.29, 1.82) is 0 Å². The van der Waals surface area contributed by atoms with Gasteiger partial charge in [-0.1, -0.05) is 121 Å². The fourth-order valence-electron chi connectivity index (χ4n) is 10.2. The fourth-order valence-corrected chi connectivity index (χ4v) is 10.2. The Kier molecular flexibility index (Phi) is 18.7. The van der Waals surface area contributed by atoms with Crippen LogP contribution in [0.3, 0.4) is 0 Å². The smallest absolute Gasteiger partial charge is 0.344 e. The van der Waals surface area contributed by atoms with E-state index in [-0.39, 0.29) is 52.1 Å². The quantitative estimate of drug-likeness (QED) is 0.0529. The van der Waals surface area contributed by atoms with Gasteiger partial charge in [0.15, 0.2) is 26.4 Å². The van der Waals surface area contributed by atoms with Crippen LogP contribution in [0.5, 0.6) is 23.0 Å². The number of benzene rings is 8. The summed E-state index contributed by atoms with van der Waals surface area (Å²) in [6.45, 7) is 6.04. The van der Waals surface area contributed by atoms with Gasteiger partial charge in [0.2, 0.25) is 0 Å². The van der Waals surface area contributed by atoms with Crippen LogP contribution in [-0.4, -0.2) is 76.7 Å². The van der Waals surface area contributed by atoms with Crippen LogP contribution in [0.15, 0.2) is 170 Å². The second-order valence-electron chi connectivity index (χ2n) is 19.0. The minimum atomic E-state index is -0.547. The van der Waals surface area contributed by atoms with Crippen LogP contribution in [0.1, 0.15) is 72.2 Å². The monoisotopic (exact) mass is 1070 g/mol. The van der Waals surface area contributed by atoms with Crippen molar-refractivity contribution in [3.63, 3.8) is 0 Å². The number of hydrogen-bond donors (Lipinski definition) is 0. The molecule has 1 aliphatic carbocycles. The van der Waals surface area contributed by atoms with Gasteiger partial charge < -0.3 is 37.9 Å². The lowest BCUT2D eigenvalue weighted by Gasteiger charge is -2.25. The van der Waals surface area contributed by atoms with E-state index >= 15 is 0 Å². The normalized spacial score (nSPS) is 11.7. The predicted octanol–water partition coefficient (Wildman–Crippen LogP) is 12.8. The van der Waals surface area contributed by atoms with E-state index in [1.165, 1.54) is 0 Å². The van der Waals surface area contributed by atoms with Crippen molar-refractivity contribution < 1.29 is 57.1 Å². The minimum absolute atomic E-state index is 0.159. The molecule has 1 aliphatic rings. The van der Waals surface area contributed by atoms with E-state index < -0.39 is 50.3 Å². The highest BCUT2D eigenvalue weighted by Gasteiger charge is 2.27. The first kappa shape index (κ1) is 55.6. The zero-order valence-electron chi connectivity index (χ0n) is 45.6. The number of rotatable bonds is 20. The molecule has 0 amide bonds. The molecule has 408 valence electrons. The first-order valence-corrected chi connectivity index (χ1v) is 27.1. The lowest BCUT2D eigenvalue weighted by molar-refractivity contribution is -0.146. The van der Waals surface area contributed by atoms with Gasteiger partial charge in [-0.2, -0.15) is 0 Å². The molecule has 0 saturated carbocycles. The van der Waals surface area contributed by atoms with E-state index in [0.717, 1.165) is 44.5 Å². The van der Waals surface area contributed by atoms with E-state index in [1.807, 2.05) is 121 Å². The van der Waals surface area contributed by atoms with E-state index in [0.29, 0.717) is 67.5 Å². The van der Waals surface area contributed by atoms with Crippen molar-refractivity contribution in [2.75, 3.05) is 52.9 Å². The number of esters is 4. The molecule has 0 atom stereocenters. The summed E-state index contributed by atoms with van der Waals surface area (Å²) < 4.78 is 48.8. The third-order valence-electron chi connectivity index (χ3n) is 13.5. The molecule has 0 fully saturated rings. The Morgan fingerprint density at radius 3 is 0.613 bits per heavy atom. The minimum Gasteiger partial charge on any atom is -0.481 e. The maximum absolute atomic E-state index is 13.4. The van der Waals surface area contributed by atoms with Crippen LogP contribution in [0.2, 0.25) is 0 Å². The number of ether oxygens (including phenoxy) is 8. The van der Waals surface area contributed by atoms with Gasteiger partial charge in [-0.3, -0.25) is 0 Å². The molecule has 8 aromatic carbocycles. The molecule has 0 saturated heterocycles. The molecule has 12 nitrogen and oxygen atoms in total. The van der Waals surface area contributed by atoms with E-state index in [1.54, 1.807) is 27.7 Å². The SMILES string of the molecule is CCOC(=O)COc1c2cc(-c3ccccc3)cc1Cc1cc(-c3ccccc3)cc(c1OCC(=O)OCC)Cc1cc(-c3ccccc3)cc(c1OCC(=O)OCC)Cc1cc(-c3ccccc3)cc(c1OCC(=O)OCC)C2. The highest BCUT2D eigenvalue weighted by molar-refractivity contribution is 5.78. The number of hydrogen-bond acceptors (Lipinski definition) is 12. The highest BCUT2D eigenvalue weighted by atomic mass is 16.6. The van der Waals surface area contributed by atoms with Gasteiger partial charge in [0.1, 0.15) is 23.0 Å². The third kappa shape index (κ3) is 13.9. The van der Waals surface area contributed by atoms with Crippen LogP contribution < -0.4 is 18.9 Å². The number of carbonyl (C=O) groups excluding carboxylic acids is 4. The van der Waals surface area contributed by atoms with Gasteiger partial charge in [-0.15, -0.1) is 0 Å². The average molecular weight is 1070 g/mol. The van der Waals surface area contributed by atoms with Gasteiger partial charge in [0, 0.05) is 25.7 Å². The average Bonchev–Trinajstić information content (AvgIpc) is 3.51.